The largest absolute Gasteiger partial charge is 0.480 e. The molecule has 1 heterocycles. The Morgan fingerprint density at radius 1 is 1.50 bits per heavy atom. The lowest BCUT2D eigenvalue weighted by Gasteiger charge is -1.96. The molecule has 1 aliphatic rings. The first-order valence-electron chi connectivity index (χ1n) is 3.89. The number of hydrogen-bond acceptors (Lipinski definition) is 5. The maximum atomic E-state index is 10.1. The number of carboxylic acid groups (broad SMARTS) is 1. The summed E-state index contributed by atoms with van der Waals surface area (Å²) in [6.45, 7) is 0. The summed E-state index contributed by atoms with van der Waals surface area (Å²) in [5.74, 6) is -1.11. The van der Waals surface area contributed by atoms with Gasteiger partial charge in [0.1, 0.15) is 6.04 Å². The van der Waals surface area contributed by atoms with Crippen molar-refractivity contribution >= 4 is 30.4 Å². The Labute approximate surface area is 86.3 Å². The number of rotatable bonds is 2. The van der Waals surface area contributed by atoms with Crippen LogP contribution in [0.5, 0.6) is 0 Å². The van der Waals surface area contributed by atoms with Crippen LogP contribution in [-0.2, 0) is 14.4 Å². The van der Waals surface area contributed by atoms with Crippen LogP contribution in [0.3, 0.4) is 0 Å². The minimum Gasteiger partial charge on any atom is -0.480 e. The molecule has 1 fully saturated rings. The average Bonchev–Trinajstić information content (AvgIpc) is 2.49. The molecule has 7 heteroatoms. The molecule has 14 heavy (non-hydrogen) atoms. The predicted molar refractivity (Wildman–Crippen MR) is 51.8 cm³/mol. The molecule has 0 radical (unpaired) electrons. The summed E-state index contributed by atoms with van der Waals surface area (Å²) in [7, 11) is 0. The third-order valence-electron chi connectivity index (χ3n) is 1.37. The summed E-state index contributed by atoms with van der Waals surface area (Å²) in [6.07, 6.45) is 0.748. The minimum atomic E-state index is -1.00. The van der Waals surface area contributed by atoms with Gasteiger partial charge in [0.25, 0.3) is 0 Å². The van der Waals surface area contributed by atoms with Gasteiger partial charge in [-0.2, -0.15) is 12.6 Å². The Morgan fingerprint density at radius 2 is 1.93 bits per heavy atom. The van der Waals surface area contributed by atoms with Crippen molar-refractivity contribution in [3.63, 3.8) is 0 Å². The molecule has 0 aromatic rings. The Bertz CT molecular complexity index is 230. The number of carbonyl (C=O) groups is 3. The van der Waals surface area contributed by atoms with E-state index in [4.69, 9.17) is 10.8 Å². The second-order valence-electron chi connectivity index (χ2n) is 2.60. The Hall–Kier alpha value is -1.08. The fourth-order valence-electron chi connectivity index (χ4n) is 0.586. The van der Waals surface area contributed by atoms with Crippen LogP contribution in [0.15, 0.2) is 0 Å². The molecule has 80 valence electrons. The molecule has 0 spiro atoms. The van der Waals surface area contributed by atoms with Crippen molar-refractivity contribution < 1.29 is 19.5 Å². The first-order valence-corrected chi connectivity index (χ1v) is 4.52. The number of carboxylic acids is 1. The van der Waals surface area contributed by atoms with Crippen LogP contribution in [0.2, 0.25) is 0 Å². The topological polar surface area (TPSA) is 109 Å². The van der Waals surface area contributed by atoms with Crippen molar-refractivity contribution in [1.29, 1.82) is 0 Å². The van der Waals surface area contributed by atoms with Gasteiger partial charge in [-0.1, -0.05) is 0 Å². The molecule has 0 bridgehead atoms. The van der Waals surface area contributed by atoms with E-state index in [0.717, 1.165) is 0 Å². The highest BCUT2D eigenvalue weighted by atomic mass is 32.1. The molecular formula is C7H12N2O4S. The van der Waals surface area contributed by atoms with Gasteiger partial charge in [0.05, 0.1) is 0 Å². The third-order valence-corrected chi connectivity index (χ3v) is 1.77. The van der Waals surface area contributed by atoms with Gasteiger partial charge >= 0.3 is 5.97 Å². The van der Waals surface area contributed by atoms with E-state index in [-0.39, 0.29) is 17.6 Å². The third kappa shape index (κ3) is 5.55. The first kappa shape index (κ1) is 12.9. The van der Waals surface area contributed by atoms with Crippen LogP contribution in [0.1, 0.15) is 12.8 Å². The van der Waals surface area contributed by atoms with Gasteiger partial charge in [0.2, 0.25) is 11.8 Å². The van der Waals surface area contributed by atoms with Crippen LogP contribution >= 0.6 is 12.6 Å². The zero-order valence-electron chi connectivity index (χ0n) is 7.40. The smallest absolute Gasteiger partial charge is 0.321 e. The average molecular weight is 220 g/mol. The lowest BCUT2D eigenvalue weighted by atomic mass is 10.4. The zero-order valence-corrected chi connectivity index (χ0v) is 8.29. The van der Waals surface area contributed by atoms with Crippen LogP contribution in [0, 0.1) is 0 Å². The fourth-order valence-corrected chi connectivity index (χ4v) is 0.742. The van der Waals surface area contributed by atoms with Crippen molar-refractivity contribution in [2.45, 2.75) is 18.9 Å². The summed E-state index contributed by atoms with van der Waals surface area (Å²) in [5.41, 5.74) is 4.94. The molecule has 1 saturated heterocycles. The number of hydrogen-bond donors (Lipinski definition) is 4. The summed E-state index contributed by atoms with van der Waals surface area (Å²) < 4.78 is 0. The van der Waals surface area contributed by atoms with Crippen LogP contribution < -0.4 is 11.1 Å². The normalized spacial score (nSPS) is 16.7. The highest BCUT2D eigenvalue weighted by Crippen LogP contribution is 1.95. The van der Waals surface area contributed by atoms with E-state index in [2.05, 4.69) is 17.9 Å². The van der Waals surface area contributed by atoms with Gasteiger partial charge in [-0.05, 0) is 0 Å². The predicted octanol–water partition coefficient (Wildman–Crippen LogP) is -1.25. The number of nitrogens with two attached hydrogens (primary N) is 1. The monoisotopic (exact) mass is 220 g/mol. The van der Waals surface area contributed by atoms with E-state index >= 15 is 0 Å². The molecule has 6 nitrogen and oxygen atoms in total. The second kappa shape index (κ2) is 6.39. The minimum absolute atomic E-state index is 0.148. The lowest BCUT2D eigenvalue weighted by molar-refractivity contribution is -0.138. The highest BCUT2D eigenvalue weighted by molar-refractivity contribution is 7.80. The fraction of sp³-hybridized carbons (Fsp3) is 0.571. The molecule has 0 aromatic carbocycles. The summed E-state index contributed by atoms with van der Waals surface area (Å²) in [5, 5.41) is 10.1. The highest BCUT2D eigenvalue weighted by Gasteiger charge is 2.15. The maximum absolute atomic E-state index is 10.1. The quantitative estimate of drug-likeness (QED) is 0.343. The lowest BCUT2D eigenvalue weighted by Crippen LogP contribution is -2.31. The Balaban J connectivity index is 0.000000241. The molecule has 0 saturated carbocycles. The van der Waals surface area contributed by atoms with E-state index in [1.54, 1.807) is 0 Å². The van der Waals surface area contributed by atoms with Gasteiger partial charge in [-0.25, -0.2) is 0 Å². The molecule has 1 unspecified atom stereocenters. The van der Waals surface area contributed by atoms with Crippen molar-refractivity contribution in [1.82, 2.24) is 5.32 Å². The van der Waals surface area contributed by atoms with Crippen molar-refractivity contribution in [3.05, 3.63) is 0 Å². The molecule has 2 amide bonds. The van der Waals surface area contributed by atoms with Gasteiger partial charge in [0.15, 0.2) is 0 Å². The van der Waals surface area contributed by atoms with Crippen molar-refractivity contribution in [3.8, 4) is 0 Å². The SMILES string of the molecule is NC(CS)C(=O)O.O=C1CCC(=O)N1. The summed E-state index contributed by atoms with van der Waals surface area (Å²) >= 11 is 3.65. The first-order chi connectivity index (χ1) is 6.47. The second-order valence-corrected chi connectivity index (χ2v) is 2.96. The van der Waals surface area contributed by atoms with Gasteiger partial charge in [-0.3, -0.25) is 19.7 Å². The number of thiol groups is 1. The Kier molecular flexibility index (Phi) is 5.89. The van der Waals surface area contributed by atoms with Gasteiger partial charge in [-0.15, -0.1) is 0 Å². The van der Waals surface area contributed by atoms with Gasteiger partial charge < -0.3 is 10.8 Å². The van der Waals surface area contributed by atoms with E-state index in [1.807, 2.05) is 0 Å². The number of amides is 2. The van der Waals surface area contributed by atoms with E-state index in [1.165, 1.54) is 0 Å². The number of carbonyl (C=O) groups excluding carboxylic acids is 2. The number of nitrogens with one attached hydrogen (secondary N) is 1. The Morgan fingerprint density at radius 3 is 2.00 bits per heavy atom. The standard InChI is InChI=1S/C4H5NO2.C3H7NO2S/c6-3-1-2-4(7)5-3;4-2(1-7)3(5)6/h1-2H2,(H,5,6,7);2,7H,1,4H2,(H,5,6). The summed E-state index contributed by atoms with van der Waals surface area (Å²) in [4.78, 5) is 30.0. The van der Waals surface area contributed by atoms with Crippen LogP contribution in [-0.4, -0.2) is 34.7 Å². The molecule has 1 atom stereocenters. The molecule has 1 aliphatic heterocycles. The summed E-state index contributed by atoms with van der Waals surface area (Å²) in [6, 6.07) is -0.816. The van der Waals surface area contributed by atoms with Crippen molar-refractivity contribution in [2.75, 3.05) is 5.75 Å². The van der Waals surface area contributed by atoms with E-state index in [0.29, 0.717) is 12.8 Å². The molecule has 4 N–H and O–H groups in total. The molecule has 0 aromatic heterocycles. The molecular weight excluding hydrogens is 208 g/mol. The van der Waals surface area contributed by atoms with Gasteiger partial charge in [0, 0.05) is 18.6 Å². The molecule has 1 rings (SSSR count). The maximum Gasteiger partial charge on any atom is 0.321 e. The van der Waals surface area contributed by atoms with Crippen molar-refractivity contribution in [2.24, 2.45) is 5.73 Å². The van der Waals surface area contributed by atoms with E-state index in [9.17, 15) is 14.4 Å². The number of aliphatic carboxylic acids is 1. The zero-order chi connectivity index (χ0) is 11.1. The molecule has 0 aliphatic carbocycles. The van der Waals surface area contributed by atoms with Crippen LogP contribution in [0.4, 0.5) is 0 Å². The van der Waals surface area contributed by atoms with E-state index < -0.39 is 12.0 Å². The number of imide groups is 1. The van der Waals surface area contributed by atoms with Crippen LogP contribution in [0.25, 0.3) is 0 Å².